The number of phenolic OH excluding ortho intramolecular Hbond substituents is 1. The molecule has 0 aliphatic carbocycles. The van der Waals surface area contributed by atoms with Gasteiger partial charge >= 0.3 is 0 Å². The van der Waals surface area contributed by atoms with Gasteiger partial charge in [0.25, 0.3) is 11.1 Å². The average Bonchev–Trinajstić information content (AvgIpc) is 2.99. The van der Waals surface area contributed by atoms with Crippen molar-refractivity contribution in [3.8, 4) is 11.5 Å². The van der Waals surface area contributed by atoms with E-state index in [2.05, 4.69) is 31.9 Å². The molecule has 1 aliphatic heterocycles. The highest BCUT2D eigenvalue weighted by Crippen LogP contribution is 2.37. The third-order valence-corrected chi connectivity index (χ3v) is 6.51. The third-order valence-electron chi connectivity index (χ3n) is 4.54. The lowest BCUT2D eigenvalue weighted by atomic mass is 10.1. The predicted molar refractivity (Wildman–Crippen MR) is 126 cm³/mol. The first-order chi connectivity index (χ1) is 14.4. The molecule has 3 aromatic carbocycles. The zero-order valence-electron chi connectivity index (χ0n) is 15.5. The Kier molecular flexibility index (Phi) is 6.17. The van der Waals surface area contributed by atoms with E-state index in [1.807, 2.05) is 42.5 Å². The molecule has 0 spiro atoms. The molecule has 1 saturated heterocycles. The van der Waals surface area contributed by atoms with Crippen LogP contribution in [0.2, 0.25) is 0 Å². The van der Waals surface area contributed by atoms with Gasteiger partial charge in [0.2, 0.25) is 0 Å². The molecule has 152 valence electrons. The summed E-state index contributed by atoms with van der Waals surface area (Å²) >= 11 is 7.46. The van der Waals surface area contributed by atoms with Crippen molar-refractivity contribution >= 4 is 71.6 Å². The van der Waals surface area contributed by atoms with E-state index in [9.17, 15) is 14.7 Å². The summed E-state index contributed by atoms with van der Waals surface area (Å²) < 4.78 is 7.08. The molecule has 30 heavy (non-hydrogen) atoms. The van der Waals surface area contributed by atoms with Crippen LogP contribution in [0.5, 0.6) is 11.5 Å². The van der Waals surface area contributed by atoms with Crippen molar-refractivity contribution in [2.24, 2.45) is 0 Å². The summed E-state index contributed by atoms with van der Waals surface area (Å²) in [5, 5.41) is 11.9. The molecule has 0 saturated carbocycles. The van der Waals surface area contributed by atoms with Crippen LogP contribution in [0.25, 0.3) is 16.8 Å². The molecule has 0 atom stereocenters. The Bertz CT molecular complexity index is 1190. The van der Waals surface area contributed by atoms with Crippen molar-refractivity contribution in [3.05, 3.63) is 74.0 Å². The van der Waals surface area contributed by atoms with Gasteiger partial charge in [0.05, 0.1) is 15.9 Å². The van der Waals surface area contributed by atoms with Gasteiger partial charge in [0.1, 0.15) is 18.1 Å². The van der Waals surface area contributed by atoms with Crippen LogP contribution in [0.4, 0.5) is 4.79 Å². The predicted octanol–water partition coefficient (Wildman–Crippen LogP) is 6.19. The summed E-state index contributed by atoms with van der Waals surface area (Å²) in [7, 11) is 0. The topological polar surface area (TPSA) is 66.8 Å². The fourth-order valence-electron chi connectivity index (χ4n) is 3.10. The van der Waals surface area contributed by atoms with Gasteiger partial charge in [0, 0.05) is 15.4 Å². The Morgan fingerprint density at radius 3 is 2.67 bits per heavy atom. The number of nitrogens with zero attached hydrogens (tertiary/aromatic N) is 1. The van der Waals surface area contributed by atoms with Gasteiger partial charge in [0.15, 0.2) is 0 Å². The molecule has 2 amide bonds. The number of fused-ring (bicyclic) bond motifs is 1. The number of imide groups is 1. The minimum Gasteiger partial charge on any atom is -0.506 e. The minimum atomic E-state index is -0.401. The summed E-state index contributed by atoms with van der Waals surface area (Å²) in [5.74, 6) is 0.311. The summed E-state index contributed by atoms with van der Waals surface area (Å²) in [5.41, 5.74) is 0.439. The SMILES string of the molecule is O=C1S/C(=C\c2cc(Br)cc(Br)c2O)C(=O)N1CCOc1cccc2ccccc12. The van der Waals surface area contributed by atoms with Crippen molar-refractivity contribution in [1.82, 2.24) is 4.90 Å². The van der Waals surface area contributed by atoms with E-state index in [0.29, 0.717) is 15.8 Å². The summed E-state index contributed by atoms with van der Waals surface area (Å²) in [4.78, 5) is 26.5. The van der Waals surface area contributed by atoms with Crippen molar-refractivity contribution in [2.45, 2.75) is 0 Å². The number of benzene rings is 3. The highest BCUT2D eigenvalue weighted by Gasteiger charge is 2.35. The molecule has 0 aromatic heterocycles. The molecule has 3 aromatic rings. The van der Waals surface area contributed by atoms with Crippen molar-refractivity contribution in [1.29, 1.82) is 0 Å². The highest BCUT2D eigenvalue weighted by molar-refractivity contribution is 9.11. The van der Waals surface area contributed by atoms with Crippen molar-refractivity contribution in [3.63, 3.8) is 0 Å². The number of halogens is 2. The third kappa shape index (κ3) is 4.26. The Balaban J connectivity index is 1.47. The van der Waals surface area contributed by atoms with Crippen LogP contribution in [-0.4, -0.2) is 34.3 Å². The number of aromatic hydroxyl groups is 1. The molecular weight excluding hydrogens is 534 g/mol. The fraction of sp³-hybridized carbons (Fsp3) is 0.0909. The number of hydrogen-bond donors (Lipinski definition) is 1. The minimum absolute atomic E-state index is 0.00397. The highest BCUT2D eigenvalue weighted by atomic mass is 79.9. The summed E-state index contributed by atoms with van der Waals surface area (Å²) in [6.07, 6.45) is 1.52. The maximum atomic E-state index is 12.7. The number of carbonyl (C=O) groups excluding carboxylic acids is 2. The van der Waals surface area contributed by atoms with E-state index in [4.69, 9.17) is 4.74 Å². The van der Waals surface area contributed by atoms with Gasteiger partial charge in [-0.3, -0.25) is 14.5 Å². The lowest BCUT2D eigenvalue weighted by molar-refractivity contribution is -0.123. The second-order valence-electron chi connectivity index (χ2n) is 6.48. The number of rotatable bonds is 5. The molecule has 0 radical (unpaired) electrons. The first-order valence-corrected chi connectivity index (χ1v) is 11.4. The molecule has 1 fully saturated rings. The standard InChI is InChI=1S/C22H15Br2NO4S/c23-15-10-14(20(26)17(24)12-15)11-19-21(27)25(22(28)30-19)8-9-29-18-7-3-5-13-4-1-2-6-16(13)18/h1-7,10-12,26H,8-9H2/b19-11-. The van der Waals surface area contributed by atoms with Crippen molar-refractivity contribution < 1.29 is 19.4 Å². The number of hydrogen-bond acceptors (Lipinski definition) is 5. The van der Waals surface area contributed by atoms with Gasteiger partial charge in [-0.1, -0.05) is 52.3 Å². The molecule has 0 bridgehead atoms. The van der Waals surface area contributed by atoms with E-state index >= 15 is 0 Å². The Hall–Kier alpha value is -2.29. The second kappa shape index (κ2) is 8.83. The number of thioether (sulfide) groups is 1. The Morgan fingerprint density at radius 1 is 1.07 bits per heavy atom. The number of carbonyl (C=O) groups is 2. The molecule has 1 heterocycles. The van der Waals surface area contributed by atoms with Gasteiger partial charge in [-0.15, -0.1) is 0 Å². The molecule has 1 aliphatic rings. The summed E-state index contributed by atoms with van der Waals surface area (Å²) in [6.45, 7) is 0.326. The van der Waals surface area contributed by atoms with Gasteiger partial charge in [-0.05, 0) is 57.4 Å². The molecule has 4 rings (SSSR count). The molecule has 5 nitrogen and oxygen atoms in total. The van der Waals surface area contributed by atoms with Crippen LogP contribution in [0, 0.1) is 0 Å². The van der Waals surface area contributed by atoms with Crippen LogP contribution < -0.4 is 4.74 Å². The first-order valence-electron chi connectivity index (χ1n) is 8.98. The van der Waals surface area contributed by atoms with Gasteiger partial charge in [-0.2, -0.15) is 0 Å². The monoisotopic (exact) mass is 547 g/mol. The zero-order chi connectivity index (χ0) is 21.3. The lowest BCUT2D eigenvalue weighted by Crippen LogP contribution is -2.32. The second-order valence-corrected chi connectivity index (χ2v) is 9.25. The average molecular weight is 549 g/mol. The van der Waals surface area contributed by atoms with Crippen LogP contribution in [0.3, 0.4) is 0 Å². The number of phenols is 1. The quantitative estimate of drug-likeness (QED) is 0.385. The fourth-order valence-corrected chi connectivity index (χ4v) is 5.21. The van der Waals surface area contributed by atoms with Crippen LogP contribution >= 0.6 is 43.6 Å². The summed E-state index contributed by atoms with van der Waals surface area (Å²) in [6, 6.07) is 17.0. The Morgan fingerprint density at radius 2 is 1.83 bits per heavy atom. The molecular formula is C22H15Br2NO4S. The Labute approximate surface area is 194 Å². The lowest BCUT2D eigenvalue weighted by Gasteiger charge is -2.14. The van der Waals surface area contributed by atoms with Crippen LogP contribution in [0.1, 0.15) is 5.56 Å². The van der Waals surface area contributed by atoms with Crippen LogP contribution in [-0.2, 0) is 4.79 Å². The molecule has 1 N–H and O–H groups in total. The van der Waals surface area contributed by atoms with E-state index in [1.54, 1.807) is 12.1 Å². The largest absolute Gasteiger partial charge is 0.506 e. The van der Waals surface area contributed by atoms with E-state index in [-0.39, 0.29) is 29.0 Å². The van der Waals surface area contributed by atoms with Crippen LogP contribution in [0.15, 0.2) is 68.4 Å². The maximum absolute atomic E-state index is 12.7. The van der Waals surface area contributed by atoms with Gasteiger partial charge < -0.3 is 9.84 Å². The van der Waals surface area contributed by atoms with E-state index in [1.165, 1.54) is 6.08 Å². The van der Waals surface area contributed by atoms with Gasteiger partial charge in [-0.25, -0.2) is 0 Å². The maximum Gasteiger partial charge on any atom is 0.293 e. The van der Waals surface area contributed by atoms with Crippen molar-refractivity contribution in [2.75, 3.05) is 13.2 Å². The van der Waals surface area contributed by atoms with E-state index in [0.717, 1.165) is 31.9 Å². The smallest absolute Gasteiger partial charge is 0.293 e. The molecule has 8 heteroatoms. The number of ether oxygens (including phenoxy) is 1. The normalized spacial score (nSPS) is 15.4. The molecule has 0 unspecified atom stereocenters. The number of amides is 2. The zero-order valence-corrected chi connectivity index (χ0v) is 19.5. The van der Waals surface area contributed by atoms with E-state index < -0.39 is 5.91 Å². The first kappa shape index (κ1) is 21.0.